The highest BCUT2D eigenvalue weighted by Gasteiger charge is 2.15. The van der Waals surface area contributed by atoms with E-state index in [9.17, 15) is 5.11 Å². The number of benzene rings is 1. The van der Waals surface area contributed by atoms with Crippen molar-refractivity contribution >= 4 is 0 Å². The standard InChI is InChI=1S/C16H22N2O2/c1-13(2)16-15(17-12-20-16)11-18(8-9-19)10-14-6-4-3-5-7-14/h3-7,12-13,19H,8-11H2,1-2H3. The fraction of sp³-hybridized carbons (Fsp3) is 0.438. The first kappa shape index (κ1) is 14.8. The molecule has 1 N–H and O–H groups in total. The second kappa shape index (κ2) is 7.22. The molecule has 1 aromatic heterocycles. The molecule has 1 aromatic carbocycles. The molecule has 0 aliphatic heterocycles. The van der Waals surface area contributed by atoms with Crippen LogP contribution in [0.2, 0.25) is 0 Å². The summed E-state index contributed by atoms with van der Waals surface area (Å²) in [5, 5.41) is 9.24. The van der Waals surface area contributed by atoms with E-state index in [1.807, 2.05) is 18.2 Å². The molecule has 0 radical (unpaired) electrons. The van der Waals surface area contributed by atoms with Crippen molar-refractivity contribution in [1.82, 2.24) is 9.88 Å². The maximum absolute atomic E-state index is 9.24. The maximum Gasteiger partial charge on any atom is 0.181 e. The highest BCUT2D eigenvalue weighted by atomic mass is 16.3. The molecule has 0 atom stereocenters. The normalized spacial score (nSPS) is 11.4. The molecular weight excluding hydrogens is 252 g/mol. The number of aliphatic hydroxyl groups is 1. The summed E-state index contributed by atoms with van der Waals surface area (Å²) >= 11 is 0. The van der Waals surface area contributed by atoms with E-state index in [1.165, 1.54) is 12.0 Å². The van der Waals surface area contributed by atoms with Crippen molar-refractivity contribution in [2.24, 2.45) is 0 Å². The van der Waals surface area contributed by atoms with Crippen LogP contribution < -0.4 is 0 Å². The third-order valence-corrected chi connectivity index (χ3v) is 3.24. The number of hydrogen-bond donors (Lipinski definition) is 1. The molecule has 4 heteroatoms. The molecule has 0 saturated heterocycles. The van der Waals surface area contributed by atoms with Gasteiger partial charge in [-0.15, -0.1) is 0 Å². The largest absolute Gasteiger partial charge is 0.448 e. The Balaban J connectivity index is 2.07. The minimum absolute atomic E-state index is 0.141. The number of aliphatic hydroxyl groups excluding tert-OH is 1. The Bertz CT molecular complexity index is 508. The van der Waals surface area contributed by atoms with E-state index in [1.54, 1.807) is 0 Å². The van der Waals surface area contributed by atoms with E-state index in [4.69, 9.17) is 4.42 Å². The zero-order chi connectivity index (χ0) is 14.4. The minimum Gasteiger partial charge on any atom is -0.448 e. The monoisotopic (exact) mass is 274 g/mol. The highest BCUT2D eigenvalue weighted by Crippen LogP contribution is 2.20. The average Bonchev–Trinajstić information content (AvgIpc) is 2.88. The Kier molecular flexibility index (Phi) is 5.32. The van der Waals surface area contributed by atoms with Crippen molar-refractivity contribution in [2.75, 3.05) is 13.2 Å². The average molecular weight is 274 g/mol. The fourth-order valence-electron chi connectivity index (χ4n) is 2.28. The molecule has 0 aliphatic rings. The Morgan fingerprint density at radius 2 is 1.95 bits per heavy atom. The van der Waals surface area contributed by atoms with Gasteiger partial charge in [0.2, 0.25) is 0 Å². The van der Waals surface area contributed by atoms with Crippen LogP contribution in [0, 0.1) is 0 Å². The summed E-state index contributed by atoms with van der Waals surface area (Å²) in [7, 11) is 0. The zero-order valence-electron chi connectivity index (χ0n) is 12.1. The van der Waals surface area contributed by atoms with Gasteiger partial charge in [-0.25, -0.2) is 4.98 Å². The van der Waals surface area contributed by atoms with Crippen molar-refractivity contribution in [3.8, 4) is 0 Å². The Morgan fingerprint density at radius 1 is 1.20 bits per heavy atom. The second-order valence-corrected chi connectivity index (χ2v) is 5.24. The lowest BCUT2D eigenvalue weighted by atomic mass is 10.1. The van der Waals surface area contributed by atoms with Crippen LogP contribution in [0.3, 0.4) is 0 Å². The van der Waals surface area contributed by atoms with Crippen LogP contribution in [0.25, 0.3) is 0 Å². The van der Waals surface area contributed by atoms with Crippen molar-refractivity contribution in [3.05, 3.63) is 53.7 Å². The topological polar surface area (TPSA) is 49.5 Å². The first-order chi connectivity index (χ1) is 9.70. The summed E-state index contributed by atoms with van der Waals surface area (Å²) in [6.07, 6.45) is 1.50. The van der Waals surface area contributed by atoms with Gasteiger partial charge in [0.05, 0.1) is 12.3 Å². The van der Waals surface area contributed by atoms with Gasteiger partial charge in [-0.1, -0.05) is 44.2 Å². The Hall–Kier alpha value is -1.65. The van der Waals surface area contributed by atoms with E-state index in [0.29, 0.717) is 19.0 Å². The quantitative estimate of drug-likeness (QED) is 0.843. The van der Waals surface area contributed by atoms with Gasteiger partial charge in [0.15, 0.2) is 6.39 Å². The summed E-state index contributed by atoms with van der Waals surface area (Å²) in [5.41, 5.74) is 2.19. The minimum atomic E-state index is 0.141. The van der Waals surface area contributed by atoms with Gasteiger partial charge in [-0.2, -0.15) is 0 Å². The maximum atomic E-state index is 9.24. The number of aromatic nitrogens is 1. The smallest absolute Gasteiger partial charge is 0.181 e. The SMILES string of the molecule is CC(C)c1ocnc1CN(CCO)Cc1ccccc1. The number of oxazole rings is 1. The van der Waals surface area contributed by atoms with Crippen molar-refractivity contribution < 1.29 is 9.52 Å². The molecule has 0 saturated carbocycles. The Labute approximate surface area is 120 Å². The van der Waals surface area contributed by atoms with Gasteiger partial charge in [0.1, 0.15) is 5.76 Å². The van der Waals surface area contributed by atoms with Gasteiger partial charge < -0.3 is 9.52 Å². The summed E-state index contributed by atoms with van der Waals surface area (Å²) in [6, 6.07) is 10.3. The molecule has 0 unspecified atom stereocenters. The van der Waals surface area contributed by atoms with Crippen LogP contribution >= 0.6 is 0 Å². The van der Waals surface area contributed by atoms with Gasteiger partial charge >= 0.3 is 0 Å². The number of nitrogens with zero attached hydrogens (tertiary/aromatic N) is 2. The molecule has 2 rings (SSSR count). The lowest BCUT2D eigenvalue weighted by Crippen LogP contribution is -2.26. The van der Waals surface area contributed by atoms with Crippen LogP contribution in [0.4, 0.5) is 0 Å². The van der Waals surface area contributed by atoms with Gasteiger partial charge in [-0.05, 0) is 5.56 Å². The third-order valence-electron chi connectivity index (χ3n) is 3.24. The predicted molar refractivity (Wildman–Crippen MR) is 78.2 cm³/mol. The molecule has 4 nitrogen and oxygen atoms in total. The molecule has 2 aromatic rings. The molecular formula is C16H22N2O2. The fourth-order valence-corrected chi connectivity index (χ4v) is 2.28. The second-order valence-electron chi connectivity index (χ2n) is 5.24. The van der Waals surface area contributed by atoms with E-state index in [-0.39, 0.29) is 6.61 Å². The lowest BCUT2D eigenvalue weighted by Gasteiger charge is -2.21. The molecule has 0 amide bonds. The van der Waals surface area contributed by atoms with Gasteiger partial charge in [0, 0.05) is 25.6 Å². The Morgan fingerprint density at radius 3 is 2.60 bits per heavy atom. The van der Waals surface area contributed by atoms with Crippen LogP contribution in [-0.4, -0.2) is 28.1 Å². The van der Waals surface area contributed by atoms with Crippen LogP contribution in [-0.2, 0) is 13.1 Å². The summed E-state index contributed by atoms with van der Waals surface area (Å²) < 4.78 is 5.46. The van der Waals surface area contributed by atoms with E-state index in [2.05, 4.69) is 35.9 Å². The highest BCUT2D eigenvalue weighted by molar-refractivity contribution is 5.15. The molecule has 1 heterocycles. The first-order valence-corrected chi connectivity index (χ1v) is 7.00. The molecule has 20 heavy (non-hydrogen) atoms. The molecule has 0 bridgehead atoms. The van der Waals surface area contributed by atoms with Gasteiger partial charge in [0.25, 0.3) is 0 Å². The van der Waals surface area contributed by atoms with Crippen molar-refractivity contribution in [1.29, 1.82) is 0 Å². The van der Waals surface area contributed by atoms with Crippen LogP contribution in [0.1, 0.15) is 36.8 Å². The molecule has 0 spiro atoms. The first-order valence-electron chi connectivity index (χ1n) is 7.00. The predicted octanol–water partition coefficient (Wildman–Crippen LogP) is 2.79. The van der Waals surface area contributed by atoms with Crippen molar-refractivity contribution in [2.45, 2.75) is 32.9 Å². The van der Waals surface area contributed by atoms with Crippen molar-refractivity contribution in [3.63, 3.8) is 0 Å². The lowest BCUT2D eigenvalue weighted by molar-refractivity contribution is 0.182. The molecule has 108 valence electrons. The van der Waals surface area contributed by atoms with E-state index < -0.39 is 0 Å². The third kappa shape index (κ3) is 3.92. The summed E-state index contributed by atoms with van der Waals surface area (Å²) in [5.74, 6) is 1.25. The number of hydrogen-bond acceptors (Lipinski definition) is 4. The van der Waals surface area contributed by atoms with Crippen LogP contribution in [0.15, 0.2) is 41.1 Å². The van der Waals surface area contributed by atoms with E-state index >= 15 is 0 Å². The summed E-state index contributed by atoms with van der Waals surface area (Å²) in [6.45, 7) is 6.45. The van der Waals surface area contributed by atoms with Gasteiger partial charge in [-0.3, -0.25) is 4.90 Å². The number of rotatable bonds is 7. The zero-order valence-corrected chi connectivity index (χ0v) is 12.1. The summed E-state index contributed by atoms with van der Waals surface area (Å²) in [4.78, 5) is 6.49. The van der Waals surface area contributed by atoms with Crippen LogP contribution in [0.5, 0.6) is 0 Å². The molecule has 0 aliphatic carbocycles. The molecule has 0 fully saturated rings. The van der Waals surface area contributed by atoms with E-state index in [0.717, 1.165) is 18.0 Å².